The summed E-state index contributed by atoms with van der Waals surface area (Å²) in [7, 11) is 0. The fourth-order valence-corrected chi connectivity index (χ4v) is 2.20. The molecule has 0 aromatic heterocycles. The zero-order chi connectivity index (χ0) is 12.3. The van der Waals surface area contributed by atoms with Crippen molar-refractivity contribution in [2.24, 2.45) is 5.73 Å². The molecule has 2 N–H and O–H groups in total. The highest BCUT2D eigenvalue weighted by molar-refractivity contribution is 5.94. The van der Waals surface area contributed by atoms with Crippen LogP contribution in [0, 0.1) is 11.3 Å². The highest BCUT2D eigenvalue weighted by Crippen LogP contribution is 2.19. The van der Waals surface area contributed by atoms with Crippen LogP contribution in [0.4, 0.5) is 0 Å². The van der Waals surface area contributed by atoms with Crippen LogP contribution in [-0.4, -0.2) is 29.9 Å². The Balaban J connectivity index is 0.00000162. The first-order chi connectivity index (χ1) is 8.26. The topological polar surface area (TPSA) is 70.1 Å². The van der Waals surface area contributed by atoms with Gasteiger partial charge in [-0.1, -0.05) is 0 Å². The molecule has 1 aliphatic rings. The number of likely N-dealkylation sites (tertiary alicyclic amines) is 1. The molecule has 96 valence electrons. The number of benzene rings is 1. The molecule has 0 saturated carbocycles. The van der Waals surface area contributed by atoms with E-state index in [9.17, 15) is 4.79 Å². The molecule has 1 heterocycles. The molecule has 1 atom stereocenters. The van der Waals surface area contributed by atoms with Crippen molar-refractivity contribution in [2.75, 3.05) is 13.1 Å². The predicted octanol–water partition coefficient (Wildman–Crippen LogP) is 1.54. The summed E-state index contributed by atoms with van der Waals surface area (Å²) in [4.78, 5) is 14.0. The number of hydrogen-bond acceptors (Lipinski definition) is 3. The van der Waals surface area contributed by atoms with Gasteiger partial charge in [-0.05, 0) is 37.1 Å². The maximum Gasteiger partial charge on any atom is 0.254 e. The summed E-state index contributed by atoms with van der Waals surface area (Å²) in [5, 5.41) is 8.70. The number of halogens is 1. The van der Waals surface area contributed by atoms with Crippen molar-refractivity contribution in [3.05, 3.63) is 35.4 Å². The van der Waals surface area contributed by atoms with E-state index in [0.29, 0.717) is 17.7 Å². The molecular weight excluding hydrogens is 250 g/mol. The van der Waals surface area contributed by atoms with Crippen LogP contribution < -0.4 is 5.73 Å². The van der Waals surface area contributed by atoms with Crippen molar-refractivity contribution in [1.29, 1.82) is 5.26 Å². The lowest BCUT2D eigenvalue weighted by atomic mass is 10.1. The summed E-state index contributed by atoms with van der Waals surface area (Å²) >= 11 is 0. The zero-order valence-corrected chi connectivity index (χ0v) is 10.8. The largest absolute Gasteiger partial charge is 0.334 e. The monoisotopic (exact) mass is 265 g/mol. The van der Waals surface area contributed by atoms with E-state index in [2.05, 4.69) is 0 Å². The molecule has 0 bridgehead atoms. The van der Waals surface area contributed by atoms with Crippen LogP contribution in [0.5, 0.6) is 0 Å². The summed E-state index contributed by atoms with van der Waals surface area (Å²) in [5.74, 6) is 0.0161. The second-order valence-electron chi connectivity index (χ2n) is 4.22. The van der Waals surface area contributed by atoms with Gasteiger partial charge in [0.1, 0.15) is 0 Å². The van der Waals surface area contributed by atoms with Crippen LogP contribution >= 0.6 is 12.4 Å². The smallest absolute Gasteiger partial charge is 0.254 e. The van der Waals surface area contributed by atoms with Crippen molar-refractivity contribution in [1.82, 2.24) is 4.90 Å². The van der Waals surface area contributed by atoms with E-state index >= 15 is 0 Å². The second kappa shape index (κ2) is 6.39. The molecule has 1 amide bonds. The number of nitrogens with zero attached hydrogens (tertiary/aromatic N) is 2. The van der Waals surface area contributed by atoms with Crippen LogP contribution in [0.1, 0.15) is 28.8 Å². The quantitative estimate of drug-likeness (QED) is 0.882. The van der Waals surface area contributed by atoms with Gasteiger partial charge in [0.25, 0.3) is 5.91 Å². The van der Waals surface area contributed by atoms with E-state index in [1.165, 1.54) is 0 Å². The van der Waals surface area contributed by atoms with Crippen LogP contribution in [0.25, 0.3) is 0 Å². The molecule has 0 radical (unpaired) electrons. The summed E-state index contributed by atoms with van der Waals surface area (Å²) < 4.78 is 0. The number of rotatable bonds is 2. The van der Waals surface area contributed by atoms with Crippen LogP contribution in [0.15, 0.2) is 24.3 Å². The molecule has 1 aliphatic heterocycles. The minimum absolute atomic E-state index is 0. The summed E-state index contributed by atoms with van der Waals surface area (Å²) in [5.41, 5.74) is 6.85. The van der Waals surface area contributed by atoms with Crippen molar-refractivity contribution in [3.63, 3.8) is 0 Å². The van der Waals surface area contributed by atoms with E-state index in [1.54, 1.807) is 24.3 Å². The molecule has 2 rings (SSSR count). The molecular formula is C13H16ClN3O. The normalized spacial score (nSPS) is 18.0. The van der Waals surface area contributed by atoms with Gasteiger partial charge in [0, 0.05) is 24.7 Å². The molecule has 1 aromatic rings. The third-order valence-corrected chi connectivity index (χ3v) is 3.17. The first-order valence-corrected chi connectivity index (χ1v) is 5.77. The Hall–Kier alpha value is -1.57. The third-order valence-electron chi connectivity index (χ3n) is 3.17. The second-order valence-corrected chi connectivity index (χ2v) is 4.22. The molecule has 1 unspecified atom stereocenters. The Bertz CT molecular complexity index is 452. The molecule has 18 heavy (non-hydrogen) atoms. The fourth-order valence-electron chi connectivity index (χ4n) is 2.20. The van der Waals surface area contributed by atoms with E-state index in [4.69, 9.17) is 11.0 Å². The third kappa shape index (κ3) is 2.81. The lowest BCUT2D eigenvalue weighted by Gasteiger charge is -2.23. The Labute approximate surface area is 113 Å². The van der Waals surface area contributed by atoms with Gasteiger partial charge in [0.15, 0.2) is 0 Å². The van der Waals surface area contributed by atoms with Gasteiger partial charge >= 0.3 is 0 Å². The molecule has 1 aromatic carbocycles. The summed E-state index contributed by atoms with van der Waals surface area (Å²) in [6.07, 6.45) is 2.00. The number of carbonyl (C=O) groups excluding carboxylic acids is 1. The van der Waals surface area contributed by atoms with E-state index in [0.717, 1.165) is 19.4 Å². The van der Waals surface area contributed by atoms with Gasteiger partial charge in [0.05, 0.1) is 11.6 Å². The van der Waals surface area contributed by atoms with E-state index in [-0.39, 0.29) is 24.4 Å². The lowest BCUT2D eigenvalue weighted by Crippen LogP contribution is -2.39. The molecule has 1 fully saturated rings. The number of hydrogen-bond donors (Lipinski definition) is 1. The van der Waals surface area contributed by atoms with Gasteiger partial charge in [-0.2, -0.15) is 5.26 Å². The Morgan fingerprint density at radius 2 is 2.11 bits per heavy atom. The molecule has 1 saturated heterocycles. The number of carbonyl (C=O) groups is 1. The zero-order valence-electron chi connectivity index (χ0n) is 10.0. The highest BCUT2D eigenvalue weighted by atomic mass is 35.5. The first kappa shape index (κ1) is 14.5. The van der Waals surface area contributed by atoms with Crippen LogP contribution in [-0.2, 0) is 0 Å². The molecule has 5 heteroatoms. The lowest BCUT2D eigenvalue weighted by molar-refractivity contribution is 0.0741. The minimum atomic E-state index is 0. The summed E-state index contributed by atoms with van der Waals surface area (Å²) in [6, 6.07) is 8.94. The predicted molar refractivity (Wildman–Crippen MR) is 71.5 cm³/mol. The van der Waals surface area contributed by atoms with Crippen molar-refractivity contribution in [3.8, 4) is 6.07 Å². The molecule has 0 spiro atoms. The number of nitriles is 1. The molecule has 0 aliphatic carbocycles. The average Bonchev–Trinajstić information content (AvgIpc) is 2.86. The maximum absolute atomic E-state index is 12.2. The standard InChI is InChI=1S/C13H15N3O.ClH/c14-8-10-3-5-11(6-4-10)13(17)16-7-1-2-12(16)9-15;/h3-6,12H,1-2,7,9,15H2;1H. The van der Waals surface area contributed by atoms with Gasteiger partial charge in [0.2, 0.25) is 0 Å². The van der Waals surface area contributed by atoms with Crippen LogP contribution in [0.2, 0.25) is 0 Å². The average molecular weight is 266 g/mol. The highest BCUT2D eigenvalue weighted by Gasteiger charge is 2.28. The van der Waals surface area contributed by atoms with E-state index < -0.39 is 0 Å². The SMILES string of the molecule is Cl.N#Cc1ccc(C(=O)N2CCCC2CN)cc1. The first-order valence-electron chi connectivity index (χ1n) is 5.77. The van der Waals surface area contributed by atoms with Crippen molar-refractivity contribution in [2.45, 2.75) is 18.9 Å². The molecule has 4 nitrogen and oxygen atoms in total. The Kier molecular flexibility index (Phi) is 5.14. The van der Waals surface area contributed by atoms with Gasteiger partial charge in [-0.15, -0.1) is 12.4 Å². The van der Waals surface area contributed by atoms with Gasteiger partial charge < -0.3 is 10.6 Å². The number of nitrogens with two attached hydrogens (primary N) is 1. The van der Waals surface area contributed by atoms with Crippen LogP contribution in [0.3, 0.4) is 0 Å². The van der Waals surface area contributed by atoms with Gasteiger partial charge in [-0.3, -0.25) is 4.79 Å². The van der Waals surface area contributed by atoms with E-state index in [1.807, 2.05) is 11.0 Å². The number of amides is 1. The van der Waals surface area contributed by atoms with Crippen molar-refractivity contribution >= 4 is 18.3 Å². The van der Waals surface area contributed by atoms with Crippen molar-refractivity contribution < 1.29 is 4.79 Å². The fraction of sp³-hybridized carbons (Fsp3) is 0.385. The maximum atomic E-state index is 12.2. The minimum Gasteiger partial charge on any atom is -0.334 e. The summed E-state index contributed by atoms with van der Waals surface area (Å²) in [6.45, 7) is 1.29. The Morgan fingerprint density at radius 1 is 1.44 bits per heavy atom. The Morgan fingerprint density at radius 3 is 2.67 bits per heavy atom. The van der Waals surface area contributed by atoms with Gasteiger partial charge in [-0.25, -0.2) is 0 Å².